The Hall–Kier alpha value is -19.3. The predicted octanol–water partition coefficient (Wildman–Crippen LogP) is 32.7. The van der Waals surface area contributed by atoms with Crippen LogP contribution in [0, 0.1) is 0 Å². The van der Waals surface area contributed by atoms with Gasteiger partial charge in [0, 0.05) is 73.9 Å². The molecule has 12 heteroatoms. The minimum absolute atomic E-state index is 0.124. The number of rotatable bonds is 15. The number of fused-ring (bicyclic) bond motifs is 12. The summed E-state index contributed by atoms with van der Waals surface area (Å²) in [6.07, 6.45) is 0. The van der Waals surface area contributed by atoms with Gasteiger partial charge >= 0.3 is 0 Å². The smallest absolute Gasteiger partial charge is 0.252 e. The van der Waals surface area contributed by atoms with Crippen molar-refractivity contribution in [2.75, 3.05) is 34.3 Å². The van der Waals surface area contributed by atoms with Crippen molar-refractivity contribution in [2.45, 2.75) is 9.79 Å². The number of anilines is 21. The Morgan fingerprint density at radius 1 is 0.127 bits per heavy atom. The van der Waals surface area contributed by atoms with Crippen molar-refractivity contribution in [3.63, 3.8) is 0 Å². The van der Waals surface area contributed by atoms with Crippen LogP contribution >= 0.6 is 0 Å². The van der Waals surface area contributed by atoms with Crippen LogP contribution < -0.4 is 67.1 Å². The van der Waals surface area contributed by atoms with E-state index in [1.807, 2.05) is 36.4 Å². The average molecular weight is 1930 g/mol. The van der Waals surface area contributed by atoms with Gasteiger partial charge in [0.2, 0.25) is 9.84 Å². The molecule has 0 saturated carbocycles. The van der Waals surface area contributed by atoms with Crippen LogP contribution in [0.5, 0.6) is 0 Å². The maximum absolute atomic E-state index is 14.5. The van der Waals surface area contributed by atoms with E-state index in [9.17, 15) is 8.42 Å². The van der Waals surface area contributed by atoms with E-state index in [0.29, 0.717) is 11.4 Å². The fraction of sp³-hybridized carbons (Fsp3) is 0. The van der Waals surface area contributed by atoms with E-state index in [-0.39, 0.29) is 23.2 Å². The third-order valence-corrected chi connectivity index (χ3v) is 32.4. The van der Waals surface area contributed by atoms with E-state index in [0.717, 1.165) is 158 Å². The third kappa shape index (κ3) is 15.1. The molecule has 6 heterocycles. The Morgan fingerprint density at radius 2 is 0.293 bits per heavy atom. The topological polar surface area (TPSA) is 56.8 Å². The lowest BCUT2D eigenvalue weighted by molar-refractivity contribution is 0.595. The van der Waals surface area contributed by atoms with Crippen LogP contribution in [0.2, 0.25) is 0 Å². The molecule has 704 valence electrons. The summed E-state index contributed by atoms with van der Waals surface area (Å²) in [5.74, 6) is 0. The molecule has 0 amide bonds. The fourth-order valence-corrected chi connectivity index (χ4v) is 25.3. The van der Waals surface area contributed by atoms with Crippen LogP contribution in [-0.4, -0.2) is 21.8 Å². The zero-order chi connectivity index (χ0) is 99.4. The average Bonchev–Trinajstić information content (AvgIpc) is 0.690. The summed E-state index contributed by atoms with van der Waals surface area (Å²) in [5, 5.41) is 0. The summed E-state index contributed by atoms with van der Waals surface area (Å²) in [4.78, 5) is 17.5. The van der Waals surface area contributed by atoms with Crippen LogP contribution in [0.3, 0.4) is 0 Å². The van der Waals surface area contributed by atoms with Crippen molar-refractivity contribution in [3.05, 3.63) is 564 Å². The maximum atomic E-state index is 14.5. The monoisotopic (exact) mass is 1930 g/mol. The molecule has 6 aliphatic rings. The Bertz CT molecular complexity index is 8780. The first-order valence-electron chi connectivity index (χ1n) is 51.2. The van der Waals surface area contributed by atoms with Crippen molar-refractivity contribution in [3.8, 4) is 89.0 Å². The predicted molar refractivity (Wildman–Crippen MR) is 627 cm³/mol. The maximum Gasteiger partial charge on any atom is 0.252 e. The lowest BCUT2D eigenvalue weighted by Crippen LogP contribution is -2.61. The van der Waals surface area contributed by atoms with Crippen LogP contribution in [0.15, 0.2) is 574 Å². The van der Waals surface area contributed by atoms with Gasteiger partial charge in [-0.15, -0.1) is 0 Å². The molecule has 9 nitrogen and oxygen atoms in total. The fourth-order valence-electron chi connectivity index (χ4n) is 23.7. The molecule has 0 N–H and O–H groups in total. The van der Waals surface area contributed by atoms with Gasteiger partial charge in [0.1, 0.15) is 0 Å². The highest BCUT2D eigenvalue weighted by molar-refractivity contribution is 7.92. The summed E-state index contributed by atoms with van der Waals surface area (Å²) in [6, 6.07) is 203. The van der Waals surface area contributed by atoms with Gasteiger partial charge in [-0.3, -0.25) is 0 Å². The summed E-state index contributed by atoms with van der Waals surface area (Å²) in [6.45, 7) is -0.321. The first-order chi connectivity index (χ1) is 74.2. The number of benzene rings is 23. The lowest BCUT2D eigenvalue weighted by Gasteiger charge is -2.46. The van der Waals surface area contributed by atoms with Gasteiger partial charge in [0.25, 0.3) is 13.4 Å². The van der Waals surface area contributed by atoms with Crippen LogP contribution in [-0.2, 0) is 9.84 Å². The Kier molecular flexibility index (Phi) is 21.7. The number of hydrogen-bond acceptors (Lipinski definition) is 9. The Morgan fingerprint density at radius 3 is 0.533 bits per heavy atom. The lowest BCUT2D eigenvalue weighted by atomic mass is 9.33. The molecule has 0 saturated heterocycles. The molecule has 0 atom stereocenters. The molecule has 0 aliphatic carbocycles. The van der Waals surface area contributed by atoms with E-state index >= 15 is 0 Å². The van der Waals surface area contributed by atoms with Crippen LogP contribution in [0.1, 0.15) is 0 Å². The molecule has 23 aromatic rings. The number of sulfone groups is 1. The van der Waals surface area contributed by atoms with E-state index in [2.05, 4.69) is 550 Å². The van der Waals surface area contributed by atoms with Gasteiger partial charge in [-0.1, -0.05) is 406 Å². The van der Waals surface area contributed by atoms with E-state index < -0.39 is 9.84 Å². The molecular formula is C138H93B2N7O2S. The van der Waals surface area contributed by atoms with Gasteiger partial charge in [0.05, 0.1) is 55.3 Å². The van der Waals surface area contributed by atoms with Gasteiger partial charge in [-0.25, -0.2) is 8.42 Å². The molecule has 0 radical (unpaired) electrons. The Balaban J connectivity index is 0.000000144. The van der Waals surface area contributed by atoms with E-state index in [1.165, 1.54) is 71.8 Å². The minimum Gasteiger partial charge on any atom is -0.311 e. The van der Waals surface area contributed by atoms with Crippen molar-refractivity contribution in [1.29, 1.82) is 0 Å². The summed E-state index contributed by atoms with van der Waals surface area (Å²) in [5.41, 5.74) is 47.6. The Labute approximate surface area is 874 Å². The van der Waals surface area contributed by atoms with Gasteiger partial charge < -0.3 is 34.3 Å². The van der Waals surface area contributed by atoms with Gasteiger partial charge in [-0.05, 0) is 280 Å². The third-order valence-electron chi connectivity index (χ3n) is 30.5. The second-order valence-electron chi connectivity index (χ2n) is 39.0. The molecule has 0 aromatic heterocycles. The summed E-state index contributed by atoms with van der Waals surface area (Å²) < 4.78 is 29.0. The minimum atomic E-state index is -3.83. The van der Waals surface area contributed by atoms with Crippen molar-refractivity contribution in [2.24, 2.45) is 0 Å². The first kappa shape index (κ1) is 88.4. The highest BCUT2D eigenvalue weighted by Crippen LogP contribution is 2.59. The number of para-hydroxylation sites is 7. The van der Waals surface area contributed by atoms with Crippen molar-refractivity contribution >= 4 is 175 Å². The number of nitrogens with zero attached hydrogens (tertiary/aromatic N) is 7. The van der Waals surface area contributed by atoms with E-state index in [1.54, 1.807) is 12.1 Å². The van der Waals surface area contributed by atoms with Gasteiger partial charge in [0.15, 0.2) is 0 Å². The zero-order valence-corrected chi connectivity index (χ0v) is 82.5. The highest BCUT2D eigenvalue weighted by atomic mass is 32.2. The molecule has 0 spiro atoms. The van der Waals surface area contributed by atoms with E-state index in [4.69, 9.17) is 0 Å². The summed E-state index contributed by atoms with van der Waals surface area (Å²) in [7, 11) is -3.83. The largest absolute Gasteiger partial charge is 0.311 e. The van der Waals surface area contributed by atoms with Crippen molar-refractivity contribution in [1.82, 2.24) is 0 Å². The zero-order valence-electron chi connectivity index (χ0n) is 81.7. The second kappa shape index (κ2) is 36.8. The van der Waals surface area contributed by atoms with Crippen LogP contribution in [0.4, 0.5) is 119 Å². The first-order valence-corrected chi connectivity index (χ1v) is 52.7. The second-order valence-corrected chi connectivity index (χ2v) is 40.9. The molecule has 150 heavy (non-hydrogen) atoms. The normalized spacial score (nSPS) is 13.2. The molecule has 29 rings (SSSR count). The SMILES string of the molecule is O=S1(=O)c2ccccc2N(c2cc3c4c(c2)N(c2ccc(-c5ccccc5)cc2)c2ccc(-c5ccccc5)cc2B4c2cc(-c4ccccc4)ccc2N3c2ccc(-c3ccccc3)cc2)c2ccccc21.c1ccc(-c2ccc(N3c4ccc(-c5ccccc5)cc4B4c5cc(-c6ccccc6)ccc5N(c5ccc(-c6ccccc6)cc5)c5cc(N6c7ccccc7N(c7ccccc7)c7ccccc76)cc3c54)cc2)cc1. The quantitative estimate of drug-likeness (QED) is 0.0934. The molecule has 0 unspecified atom stereocenters. The standard InChI is InChI=1S/C72H49BN4.C66H44BN3O2S/c1-6-20-50(21-7-1)54-34-40-59(41-35-54)74-64-44-38-56(52-24-10-3-11-25-52)46-62(64)73-63-47-57(53-26-12-4-13-27-53)39-45-65(63)75(60-42-36-55(37-43-60)51-22-8-2-9-23-51)71-49-61(48-70(74)72(71)73)77-68-32-18-16-30-66(68)76(58-28-14-5-15-29-58)67-31-17-19-33-69(67)77;71-73(72)64-27-15-13-25-60(64)70(61-26-14-16-28-65(61)73)55-43-62-66-63(44-55)69(54-37-31-50(32-38-54)46-19-7-2-8-20-46)59-40-34-52(48-23-11-4-12-24-48)42-57(59)67(66)56-41-51(47-21-9-3-10-22-47)33-39-58(56)68(62)53-35-29-49(30-36-53)45-17-5-1-6-18-45/h1-49H;1-44H. The molecule has 0 bridgehead atoms. The summed E-state index contributed by atoms with van der Waals surface area (Å²) >= 11 is 0. The molecular weight excluding hydrogens is 1840 g/mol. The molecule has 6 aliphatic heterocycles. The highest BCUT2D eigenvalue weighted by Gasteiger charge is 2.49. The van der Waals surface area contributed by atoms with Crippen molar-refractivity contribution < 1.29 is 8.42 Å². The van der Waals surface area contributed by atoms with Gasteiger partial charge in [-0.2, -0.15) is 0 Å². The van der Waals surface area contributed by atoms with Crippen LogP contribution in [0.25, 0.3) is 89.0 Å². The molecule has 0 fully saturated rings. The molecule has 23 aromatic carbocycles. The number of hydrogen-bond donors (Lipinski definition) is 0.